The number of nitrogens with zero attached hydrogens (tertiary/aromatic N) is 3. The minimum atomic E-state index is 0.523. The molecule has 0 unspecified atom stereocenters. The molecule has 2 aromatic heterocycles. The van der Waals surface area contributed by atoms with Crippen LogP contribution in [0.2, 0.25) is 10.0 Å². The van der Waals surface area contributed by atoms with Crippen molar-refractivity contribution in [2.75, 3.05) is 12.4 Å². The van der Waals surface area contributed by atoms with Crippen molar-refractivity contribution in [3.8, 4) is 17.1 Å². The molecule has 29 heavy (non-hydrogen) atoms. The van der Waals surface area contributed by atoms with Gasteiger partial charge in [-0.3, -0.25) is 4.57 Å². The summed E-state index contributed by atoms with van der Waals surface area (Å²) in [7, 11) is 0. The van der Waals surface area contributed by atoms with Gasteiger partial charge in [0.2, 0.25) is 0 Å². The molecule has 5 nitrogen and oxygen atoms in total. The van der Waals surface area contributed by atoms with Gasteiger partial charge in [0.15, 0.2) is 11.0 Å². The Kier molecular flexibility index (Phi) is 6.44. The first-order chi connectivity index (χ1) is 14.2. The van der Waals surface area contributed by atoms with E-state index in [1.54, 1.807) is 24.1 Å². The van der Waals surface area contributed by atoms with E-state index < -0.39 is 0 Å². The number of halogens is 2. The molecule has 4 aromatic rings. The lowest BCUT2D eigenvalue weighted by Crippen LogP contribution is -2.05. The van der Waals surface area contributed by atoms with Gasteiger partial charge in [-0.25, -0.2) is 0 Å². The van der Waals surface area contributed by atoms with Crippen molar-refractivity contribution in [2.24, 2.45) is 0 Å². The minimum absolute atomic E-state index is 0.523. The van der Waals surface area contributed by atoms with E-state index in [4.69, 9.17) is 32.4 Å². The molecule has 0 saturated carbocycles. The van der Waals surface area contributed by atoms with Crippen LogP contribution < -0.4 is 4.74 Å². The summed E-state index contributed by atoms with van der Waals surface area (Å²) in [6.45, 7) is 1.06. The Labute approximate surface area is 182 Å². The maximum atomic E-state index is 6.02. The summed E-state index contributed by atoms with van der Waals surface area (Å²) in [6, 6.07) is 18.7. The van der Waals surface area contributed by atoms with Crippen LogP contribution in [-0.2, 0) is 6.54 Å². The number of aromatic nitrogens is 3. The highest BCUT2D eigenvalue weighted by atomic mass is 35.5. The van der Waals surface area contributed by atoms with Crippen molar-refractivity contribution in [1.29, 1.82) is 0 Å². The van der Waals surface area contributed by atoms with E-state index in [0.29, 0.717) is 28.9 Å². The van der Waals surface area contributed by atoms with E-state index in [1.165, 1.54) is 0 Å². The van der Waals surface area contributed by atoms with Crippen LogP contribution >= 0.6 is 35.0 Å². The summed E-state index contributed by atoms with van der Waals surface area (Å²) in [6.07, 6.45) is 1.66. The molecule has 0 amide bonds. The molecule has 8 heteroatoms. The van der Waals surface area contributed by atoms with Crippen LogP contribution in [0.1, 0.15) is 5.76 Å². The first-order valence-electron chi connectivity index (χ1n) is 8.92. The third-order valence-electron chi connectivity index (χ3n) is 4.09. The molecule has 2 heterocycles. The zero-order valence-electron chi connectivity index (χ0n) is 15.3. The summed E-state index contributed by atoms with van der Waals surface area (Å²) in [5.41, 5.74) is 0.940. The lowest BCUT2D eigenvalue weighted by Gasteiger charge is -2.10. The maximum Gasteiger partial charge on any atom is 0.192 e. The number of hydrogen-bond donors (Lipinski definition) is 0. The van der Waals surface area contributed by atoms with Crippen molar-refractivity contribution in [3.05, 3.63) is 82.7 Å². The van der Waals surface area contributed by atoms with Gasteiger partial charge >= 0.3 is 0 Å². The fraction of sp³-hybridized carbons (Fsp3) is 0.143. The van der Waals surface area contributed by atoms with Gasteiger partial charge in [0.1, 0.15) is 11.5 Å². The molecule has 0 saturated heterocycles. The molecule has 0 aliphatic carbocycles. The molecule has 0 aliphatic rings. The van der Waals surface area contributed by atoms with Crippen LogP contribution in [0.4, 0.5) is 0 Å². The van der Waals surface area contributed by atoms with Crippen LogP contribution in [0.25, 0.3) is 11.4 Å². The molecule has 0 radical (unpaired) electrons. The van der Waals surface area contributed by atoms with E-state index in [1.807, 2.05) is 59.2 Å². The van der Waals surface area contributed by atoms with E-state index in [9.17, 15) is 0 Å². The number of hydrogen-bond acceptors (Lipinski definition) is 5. The zero-order chi connectivity index (χ0) is 20.1. The molecule has 0 fully saturated rings. The van der Waals surface area contributed by atoms with Crippen LogP contribution in [0.3, 0.4) is 0 Å². The smallest absolute Gasteiger partial charge is 0.192 e. The highest BCUT2D eigenvalue weighted by Crippen LogP contribution is 2.26. The van der Waals surface area contributed by atoms with Gasteiger partial charge in [-0.15, -0.1) is 10.2 Å². The topological polar surface area (TPSA) is 53.1 Å². The molecule has 4 rings (SSSR count). The van der Waals surface area contributed by atoms with Gasteiger partial charge in [0.05, 0.1) is 19.4 Å². The van der Waals surface area contributed by atoms with Crippen LogP contribution in [-0.4, -0.2) is 27.1 Å². The molecular weight excluding hydrogens is 429 g/mol. The van der Waals surface area contributed by atoms with Gasteiger partial charge < -0.3 is 9.15 Å². The fourth-order valence-corrected chi connectivity index (χ4v) is 3.82. The van der Waals surface area contributed by atoms with Crippen molar-refractivity contribution in [2.45, 2.75) is 11.7 Å². The average molecular weight is 446 g/mol. The number of benzene rings is 2. The second-order valence-corrected chi connectivity index (χ2v) is 8.07. The van der Waals surface area contributed by atoms with Crippen LogP contribution in [0.5, 0.6) is 5.75 Å². The van der Waals surface area contributed by atoms with Crippen molar-refractivity contribution in [1.82, 2.24) is 14.8 Å². The van der Waals surface area contributed by atoms with E-state index in [2.05, 4.69) is 10.2 Å². The number of thioether (sulfide) groups is 1. The fourth-order valence-electron chi connectivity index (χ4n) is 2.76. The Balaban J connectivity index is 1.49. The minimum Gasteiger partial charge on any atom is -0.493 e. The normalized spacial score (nSPS) is 11.0. The molecule has 0 bridgehead atoms. The van der Waals surface area contributed by atoms with Gasteiger partial charge in [-0.2, -0.15) is 0 Å². The van der Waals surface area contributed by atoms with Crippen LogP contribution in [0.15, 0.2) is 76.5 Å². The van der Waals surface area contributed by atoms with Crippen molar-refractivity contribution < 1.29 is 9.15 Å². The summed E-state index contributed by atoms with van der Waals surface area (Å²) < 4.78 is 13.3. The highest BCUT2D eigenvalue weighted by Gasteiger charge is 2.16. The lowest BCUT2D eigenvalue weighted by molar-refractivity contribution is 0.344. The Morgan fingerprint density at radius 1 is 0.966 bits per heavy atom. The first kappa shape index (κ1) is 19.9. The quantitative estimate of drug-likeness (QED) is 0.243. The highest BCUT2D eigenvalue weighted by molar-refractivity contribution is 7.99. The second kappa shape index (κ2) is 9.39. The standard InChI is InChI=1S/C21H17Cl2N3O2S/c22-16-8-6-15(7-9-16)20-24-25-21(26(20)14-19-5-2-10-27-19)29-12-11-28-18-4-1-3-17(23)13-18/h1-10,13H,11-12,14H2. The summed E-state index contributed by atoms with van der Waals surface area (Å²) in [5.74, 6) is 3.05. The summed E-state index contributed by atoms with van der Waals surface area (Å²) >= 11 is 13.6. The van der Waals surface area contributed by atoms with E-state index >= 15 is 0 Å². The number of furan rings is 1. The molecule has 0 atom stereocenters. The Morgan fingerprint density at radius 2 is 1.83 bits per heavy atom. The monoisotopic (exact) mass is 445 g/mol. The first-order valence-corrected chi connectivity index (χ1v) is 10.7. The number of ether oxygens (including phenoxy) is 1. The van der Waals surface area contributed by atoms with Gasteiger partial charge in [0, 0.05) is 21.4 Å². The molecule has 0 N–H and O–H groups in total. The Morgan fingerprint density at radius 3 is 2.59 bits per heavy atom. The third kappa shape index (κ3) is 5.15. The van der Waals surface area contributed by atoms with E-state index in [-0.39, 0.29) is 0 Å². The molecule has 0 aliphatic heterocycles. The SMILES string of the molecule is Clc1ccc(-c2nnc(SCCOc3cccc(Cl)c3)n2Cc2ccco2)cc1. The lowest BCUT2D eigenvalue weighted by atomic mass is 10.2. The van der Waals surface area contributed by atoms with E-state index in [0.717, 1.165) is 28.1 Å². The molecule has 148 valence electrons. The second-order valence-electron chi connectivity index (χ2n) is 6.13. The van der Waals surface area contributed by atoms with Crippen molar-refractivity contribution >= 4 is 35.0 Å². The van der Waals surface area contributed by atoms with Gasteiger partial charge in [-0.05, 0) is 54.6 Å². The molecular formula is C21H17Cl2N3O2S. The van der Waals surface area contributed by atoms with Gasteiger partial charge in [0.25, 0.3) is 0 Å². The Bertz CT molecular complexity index is 1070. The Hall–Kier alpha value is -2.41. The van der Waals surface area contributed by atoms with Crippen LogP contribution in [0, 0.1) is 0 Å². The largest absolute Gasteiger partial charge is 0.493 e. The van der Waals surface area contributed by atoms with Gasteiger partial charge in [-0.1, -0.05) is 41.0 Å². The molecule has 2 aromatic carbocycles. The molecule has 0 spiro atoms. The summed E-state index contributed by atoms with van der Waals surface area (Å²) in [4.78, 5) is 0. The third-order valence-corrected chi connectivity index (χ3v) is 5.51. The zero-order valence-corrected chi connectivity index (χ0v) is 17.6. The average Bonchev–Trinajstić information content (AvgIpc) is 3.37. The van der Waals surface area contributed by atoms with Crippen molar-refractivity contribution in [3.63, 3.8) is 0 Å². The summed E-state index contributed by atoms with van der Waals surface area (Å²) in [5, 5.41) is 10.9. The predicted octanol–water partition coefficient (Wildman–Crippen LogP) is 6.06. The predicted molar refractivity (Wildman–Crippen MR) is 116 cm³/mol. The number of rotatable bonds is 8. The maximum absolute atomic E-state index is 6.02.